The third kappa shape index (κ3) is 3.80. The van der Waals surface area contributed by atoms with Crippen LogP contribution < -0.4 is 5.73 Å². The van der Waals surface area contributed by atoms with Crippen LogP contribution >= 0.6 is 22.6 Å². The number of carbonyl (C=O) groups excluding carboxylic acids is 1. The summed E-state index contributed by atoms with van der Waals surface area (Å²) in [6, 6.07) is 18.9. The Morgan fingerprint density at radius 1 is 1.03 bits per heavy atom. The molecule has 0 spiro atoms. The lowest BCUT2D eigenvalue weighted by atomic mass is 10.1. The summed E-state index contributed by atoms with van der Waals surface area (Å²) < 4.78 is 31.1. The highest BCUT2D eigenvalue weighted by Crippen LogP contribution is 2.31. The Morgan fingerprint density at radius 3 is 2.55 bits per heavy atom. The van der Waals surface area contributed by atoms with Crippen LogP contribution in [0.3, 0.4) is 0 Å². The van der Waals surface area contributed by atoms with Gasteiger partial charge in [0.05, 0.1) is 38.9 Å². The fraction of sp³-hybridized carbons (Fsp3) is 0.0741. The average Bonchev–Trinajstić information content (AvgIpc) is 3.58. The second kappa shape index (κ2) is 8.81. The Balaban J connectivity index is 1.51. The van der Waals surface area contributed by atoms with E-state index in [9.17, 15) is 13.2 Å². The van der Waals surface area contributed by atoms with Gasteiger partial charge in [0.15, 0.2) is 0 Å². The number of benzene rings is 3. The summed E-state index contributed by atoms with van der Waals surface area (Å²) in [6.07, 6.45) is 1.36. The maximum absolute atomic E-state index is 13.9. The van der Waals surface area contributed by atoms with Crippen LogP contribution in [0, 0.1) is 17.4 Å². The van der Waals surface area contributed by atoms with Gasteiger partial charge in [0.2, 0.25) is 5.78 Å². The lowest BCUT2D eigenvalue weighted by Gasteiger charge is -2.12. The summed E-state index contributed by atoms with van der Waals surface area (Å²) in [7, 11) is -4.11. The minimum absolute atomic E-state index is 0.0191. The minimum Gasteiger partial charge on any atom is -0.383 e. The number of aromatic nitrogens is 5. The van der Waals surface area contributed by atoms with E-state index in [0.29, 0.717) is 16.6 Å². The molecule has 0 saturated heterocycles. The average molecular weight is 636 g/mol. The Bertz CT molecular complexity index is 2000. The molecule has 0 radical (unpaired) electrons. The van der Waals surface area contributed by atoms with Crippen molar-refractivity contribution in [1.29, 1.82) is 0 Å². The van der Waals surface area contributed by atoms with Gasteiger partial charge in [0.1, 0.15) is 17.3 Å². The third-order valence-corrected chi connectivity index (χ3v) is 9.10. The molecule has 3 N–H and O–H groups in total. The highest BCUT2D eigenvalue weighted by Gasteiger charge is 2.29. The number of H-pyrrole nitrogens is 1. The van der Waals surface area contributed by atoms with Crippen molar-refractivity contribution in [1.82, 2.24) is 23.7 Å². The van der Waals surface area contributed by atoms with E-state index in [2.05, 4.69) is 37.7 Å². The molecule has 9 nitrogen and oxygen atoms in total. The van der Waals surface area contributed by atoms with Gasteiger partial charge in [-0.15, -0.1) is 0 Å². The standard InChI is InChI=1S/C27H21IN6O3S/c1-15-6-9-18(10-7-15)38(36,37)34-24-5-3-4-21(28)19(24)13-25(34)26(35)20-14-30-33(27(20)29)17-8-11-22-23(12-17)32-16(2)31-22/h3-14H,29H2,1-2H3,(H,31,32). The summed E-state index contributed by atoms with van der Waals surface area (Å²) >= 11 is 2.13. The van der Waals surface area contributed by atoms with Crippen molar-refractivity contribution in [3.05, 3.63) is 99.1 Å². The summed E-state index contributed by atoms with van der Waals surface area (Å²) in [5.74, 6) is 0.327. The molecule has 0 unspecified atom stereocenters. The number of hydrogen-bond donors (Lipinski definition) is 2. The zero-order valence-electron chi connectivity index (χ0n) is 20.3. The second-order valence-corrected chi connectivity index (χ2v) is 11.9. The van der Waals surface area contributed by atoms with Gasteiger partial charge in [-0.05, 0) is 85.0 Å². The fourth-order valence-electron chi connectivity index (χ4n) is 4.53. The number of ketones is 1. The highest BCUT2D eigenvalue weighted by molar-refractivity contribution is 14.1. The van der Waals surface area contributed by atoms with Crippen molar-refractivity contribution in [3.8, 4) is 5.69 Å². The molecular formula is C27H21IN6O3S. The molecule has 11 heteroatoms. The summed E-state index contributed by atoms with van der Waals surface area (Å²) in [4.78, 5) is 21.6. The molecule has 0 aliphatic rings. The number of hydrogen-bond acceptors (Lipinski definition) is 6. The molecule has 0 aliphatic heterocycles. The van der Waals surface area contributed by atoms with Gasteiger partial charge in [0.25, 0.3) is 10.0 Å². The van der Waals surface area contributed by atoms with Crippen molar-refractivity contribution in [2.45, 2.75) is 18.7 Å². The Labute approximate surface area is 231 Å². The van der Waals surface area contributed by atoms with Crippen molar-refractivity contribution in [2.24, 2.45) is 0 Å². The molecule has 190 valence electrons. The number of nitrogen functional groups attached to an aromatic ring is 1. The first kappa shape index (κ1) is 24.4. The molecule has 38 heavy (non-hydrogen) atoms. The van der Waals surface area contributed by atoms with E-state index in [1.807, 2.05) is 38.1 Å². The summed E-state index contributed by atoms with van der Waals surface area (Å²) in [6.45, 7) is 3.74. The van der Waals surface area contributed by atoms with E-state index in [1.54, 1.807) is 30.3 Å². The molecule has 6 rings (SSSR count). The summed E-state index contributed by atoms with van der Waals surface area (Å²) in [5, 5.41) is 5.00. The molecule has 0 aliphatic carbocycles. The number of rotatable bonds is 5. The van der Waals surface area contributed by atoms with Gasteiger partial charge < -0.3 is 10.7 Å². The lowest BCUT2D eigenvalue weighted by molar-refractivity contribution is 0.103. The number of halogens is 1. The van der Waals surface area contributed by atoms with E-state index in [1.165, 1.54) is 23.0 Å². The van der Waals surface area contributed by atoms with E-state index in [-0.39, 0.29) is 22.0 Å². The fourth-order valence-corrected chi connectivity index (χ4v) is 6.68. The Kier molecular flexibility index (Phi) is 5.65. The highest BCUT2D eigenvalue weighted by atomic mass is 127. The quantitative estimate of drug-likeness (QED) is 0.203. The zero-order chi connectivity index (χ0) is 26.8. The SMILES string of the molecule is Cc1ccc(S(=O)(=O)n2c(C(=O)c3cnn(-c4ccc5[nH]c(C)nc5c4)c3N)cc3c(I)cccc32)cc1. The van der Waals surface area contributed by atoms with E-state index in [0.717, 1.165) is 30.0 Å². The van der Waals surface area contributed by atoms with Crippen molar-refractivity contribution in [2.75, 3.05) is 5.73 Å². The summed E-state index contributed by atoms with van der Waals surface area (Å²) in [5.41, 5.74) is 10.1. The number of imidazole rings is 1. The zero-order valence-corrected chi connectivity index (χ0v) is 23.3. The number of carbonyl (C=O) groups is 1. The molecule has 3 heterocycles. The van der Waals surface area contributed by atoms with Gasteiger partial charge in [-0.2, -0.15) is 5.10 Å². The van der Waals surface area contributed by atoms with Crippen LogP contribution in [-0.2, 0) is 10.0 Å². The smallest absolute Gasteiger partial charge is 0.268 e. The maximum atomic E-state index is 13.9. The van der Waals surface area contributed by atoms with Gasteiger partial charge in [0, 0.05) is 8.96 Å². The van der Waals surface area contributed by atoms with Gasteiger partial charge in [-0.3, -0.25) is 4.79 Å². The van der Waals surface area contributed by atoms with Crippen LogP contribution in [0.25, 0.3) is 27.6 Å². The van der Waals surface area contributed by atoms with Crippen LogP contribution in [0.2, 0.25) is 0 Å². The minimum atomic E-state index is -4.11. The lowest BCUT2D eigenvalue weighted by Crippen LogP contribution is -2.19. The van der Waals surface area contributed by atoms with Gasteiger partial charge in [-0.25, -0.2) is 22.1 Å². The van der Waals surface area contributed by atoms with Gasteiger partial charge in [-0.1, -0.05) is 23.8 Å². The van der Waals surface area contributed by atoms with E-state index >= 15 is 0 Å². The predicted octanol–water partition coefficient (Wildman–Crippen LogP) is 4.97. The first-order chi connectivity index (χ1) is 18.1. The molecule has 3 aromatic carbocycles. The molecule has 6 aromatic rings. The normalized spacial score (nSPS) is 12.0. The molecule has 0 bridgehead atoms. The number of aromatic amines is 1. The number of anilines is 1. The van der Waals surface area contributed by atoms with Crippen LogP contribution in [-0.4, -0.2) is 37.9 Å². The Hall–Kier alpha value is -3.97. The van der Waals surface area contributed by atoms with Crippen LogP contribution in [0.15, 0.2) is 77.8 Å². The monoisotopic (exact) mass is 636 g/mol. The third-order valence-electron chi connectivity index (χ3n) is 6.42. The van der Waals surface area contributed by atoms with Crippen LogP contribution in [0.5, 0.6) is 0 Å². The van der Waals surface area contributed by atoms with Crippen LogP contribution in [0.1, 0.15) is 27.4 Å². The number of aryl methyl sites for hydroxylation is 2. The number of nitrogens with zero attached hydrogens (tertiary/aromatic N) is 4. The second-order valence-electron chi connectivity index (χ2n) is 8.99. The van der Waals surface area contributed by atoms with Crippen molar-refractivity contribution in [3.63, 3.8) is 0 Å². The first-order valence-electron chi connectivity index (χ1n) is 11.6. The van der Waals surface area contributed by atoms with Crippen molar-refractivity contribution >= 4 is 66.2 Å². The molecule has 0 saturated carbocycles. The molecular weight excluding hydrogens is 615 g/mol. The number of nitrogens with one attached hydrogen (secondary N) is 1. The van der Waals surface area contributed by atoms with Gasteiger partial charge >= 0.3 is 0 Å². The van der Waals surface area contributed by atoms with Crippen molar-refractivity contribution < 1.29 is 13.2 Å². The Morgan fingerprint density at radius 2 is 1.79 bits per heavy atom. The predicted molar refractivity (Wildman–Crippen MR) is 154 cm³/mol. The number of fused-ring (bicyclic) bond motifs is 2. The first-order valence-corrected chi connectivity index (χ1v) is 14.1. The molecule has 3 aromatic heterocycles. The van der Waals surface area contributed by atoms with Crippen LogP contribution in [0.4, 0.5) is 5.82 Å². The molecule has 0 atom stereocenters. The maximum Gasteiger partial charge on any atom is 0.268 e. The molecule has 0 amide bonds. The molecule has 0 fully saturated rings. The largest absolute Gasteiger partial charge is 0.383 e. The van der Waals surface area contributed by atoms with E-state index < -0.39 is 15.8 Å². The van der Waals surface area contributed by atoms with E-state index in [4.69, 9.17) is 5.73 Å². The number of nitrogens with two attached hydrogens (primary N) is 1. The topological polar surface area (TPSA) is 129 Å².